The van der Waals surface area contributed by atoms with Crippen molar-refractivity contribution in [1.82, 2.24) is 5.16 Å². The number of anilines is 1. The van der Waals surface area contributed by atoms with Crippen LogP contribution < -0.4 is 10.6 Å². The van der Waals surface area contributed by atoms with Crippen LogP contribution in [0.15, 0.2) is 10.6 Å². The number of hydrogen-bond acceptors (Lipinski definition) is 4. The lowest BCUT2D eigenvalue weighted by molar-refractivity contribution is 0.397. The van der Waals surface area contributed by atoms with Gasteiger partial charge in [0.25, 0.3) is 0 Å². The Kier molecular flexibility index (Phi) is 1.77. The molecule has 1 unspecified atom stereocenters. The zero-order valence-corrected chi connectivity index (χ0v) is 7.16. The van der Waals surface area contributed by atoms with E-state index in [0.717, 1.165) is 31.1 Å². The summed E-state index contributed by atoms with van der Waals surface area (Å²) in [6.45, 7) is 3.78. The lowest BCUT2D eigenvalue weighted by atomic mass is 10.3. The molecule has 4 nitrogen and oxygen atoms in total. The minimum absolute atomic E-state index is 0.294. The van der Waals surface area contributed by atoms with Gasteiger partial charge in [0.15, 0.2) is 5.82 Å². The van der Waals surface area contributed by atoms with E-state index >= 15 is 0 Å². The minimum atomic E-state index is 0.294. The van der Waals surface area contributed by atoms with E-state index in [2.05, 4.69) is 10.1 Å². The van der Waals surface area contributed by atoms with Crippen LogP contribution in [0.3, 0.4) is 0 Å². The molecule has 0 aromatic carbocycles. The molecule has 1 aromatic rings. The van der Waals surface area contributed by atoms with Crippen molar-refractivity contribution in [3.8, 4) is 0 Å². The molecule has 0 amide bonds. The van der Waals surface area contributed by atoms with Crippen LogP contribution in [-0.4, -0.2) is 24.3 Å². The molecular weight excluding hydrogens is 154 g/mol. The van der Waals surface area contributed by atoms with Crippen molar-refractivity contribution < 1.29 is 4.52 Å². The van der Waals surface area contributed by atoms with Gasteiger partial charge in [0.1, 0.15) is 5.76 Å². The Morgan fingerprint density at radius 2 is 2.58 bits per heavy atom. The molecule has 2 rings (SSSR count). The van der Waals surface area contributed by atoms with Crippen LogP contribution in [0.2, 0.25) is 0 Å². The van der Waals surface area contributed by atoms with E-state index in [4.69, 9.17) is 10.3 Å². The first-order valence-electron chi connectivity index (χ1n) is 4.19. The van der Waals surface area contributed by atoms with Gasteiger partial charge in [-0.2, -0.15) is 0 Å². The summed E-state index contributed by atoms with van der Waals surface area (Å²) in [6, 6.07) is 2.24. The summed E-state index contributed by atoms with van der Waals surface area (Å²) in [4.78, 5) is 2.15. The molecule has 0 saturated carbocycles. The molecule has 12 heavy (non-hydrogen) atoms. The summed E-state index contributed by atoms with van der Waals surface area (Å²) >= 11 is 0. The molecule has 4 heteroatoms. The van der Waals surface area contributed by atoms with Gasteiger partial charge in [-0.25, -0.2) is 0 Å². The number of nitrogens with zero attached hydrogens (tertiary/aromatic N) is 2. The fourth-order valence-corrected chi connectivity index (χ4v) is 1.50. The first-order valence-corrected chi connectivity index (χ1v) is 4.19. The van der Waals surface area contributed by atoms with Crippen molar-refractivity contribution in [1.29, 1.82) is 0 Å². The molecule has 0 bridgehead atoms. The van der Waals surface area contributed by atoms with E-state index in [9.17, 15) is 0 Å². The van der Waals surface area contributed by atoms with Gasteiger partial charge in [-0.3, -0.25) is 0 Å². The highest BCUT2D eigenvalue weighted by atomic mass is 16.5. The van der Waals surface area contributed by atoms with Gasteiger partial charge in [0, 0.05) is 25.2 Å². The predicted octanol–water partition coefficient (Wildman–Crippen LogP) is 0.520. The fourth-order valence-electron chi connectivity index (χ4n) is 1.50. The van der Waals surface area contributed by atoms with Gasteiger partial charge in [-0.05, 0) is 13.3 Å². The zero-order valence-electron chi connectivity index (χ0n) is 7.16. The zero-order chi connectivity index (χ0) is 8.55. The maximum absolute atomic E-state index is 5.77. The minimum Gasteiger partial charge on any atom is -0.360 e. The van der Waals surface area contributed by atoms with Crippen molar-refractivity contribution in [2.24, 2.45) is 5.73 Å². The lowest BCUT2D eigenvalue weighted by Gasteiger charge is -2.12. The summed E-state index contributed by atoms with van der Waals surface area (Å²) in [5.74, 6) is 1.77. The van der Waals surface area contributed by atoms with Gasteiger partial charge < -0.3 is 15.2 Å². The van der Waals surface area contributed by atoms with Gasteiger partial charge in [-0.1, -0.05) is 5.16 Å². The van der Waals surface area contributed by atoms with Crippen LogP contribution in [0, 0.1) is 6.92 Å². The number of nitrogens with two attached hydrogens (primary N) is 1. The number of hydrogen-bond donors (Lipinski definition) is 1. The second-order valence-electron chi connectivity index (χ2n) is 3.29. The topological polar surface area (TPSA) is 55.3 Å². The van der Waals surface area contributed by atoms with E-state index in [-0.39, 0.29) is 0 Å². The number of aromatic nitrogens is 1. The molecule has 1 aromatic heterocycles. The Morgan fingerprint density at radius 3 is 3.08 bits per heavy atom. The van der Waals surface area contributed by atoms with E-state index in [1.165, 1.54) is 0 Å². The summed E-state index contributed by atoms with van der Waals surface area (Å²) in [6.07, 6.45) is 1.05. The summed E-state index contributed by atoms with van der Waals surface area (Å²) in [5.41, 5.74) is 5.77. The number of aryl methyl sites for hydroxylation is 1. The van der Waals surface area contributed by atoms with Crippen LogP contribution in [0.25, 0.3) is 0 Å². The monoisotopic (exact) mass is 167 g/mol. The van der Waals surface area contributed by atoms with Crippen molar-refractivity contribution in [3.63, 3.8) is 0 Å². The van der Waals surface area contributed by atoms with Gasteiger partial charge >= 0.3 is 0 Å². The number of rotatable bonds is 1. The third-order valence-electron chi connectivity index (χ3n) is 2.16. The summed E-state index contributed by atoms with van der Waals surface area (Å²) in [7, 11) is 0. The van der Waals surface area contributed by atoms with Crippen LogP contribution in [0.5, 0.6) is 0 Å². The Bertz CT molecular complexity index is 271. The fraction of sp³-hybridized carbons (Fsp3) is 0.625. The van der Waals surface area contributed by atoms with Crippen LogP contribution in [0.1, 0.15) is 12.2 Å². The lowest BCUT2D eigenvalue weighted by Crippen LogP contribution is -2.26. The molecule has 0 radical (unpaired) electrons. The molecule has 2 heterocycles. The molecule has 2 N–H and O–H groups in total. The molecule has 1 fully saturated rings. The highest BCUT2D eigenvalue weighted by Crippen LogP contribution is 2.18. The maximum atomic E-state index is 5.77. The van der Waals surface area contributed by atoms with Crippen molar-refractivity contribution >= 4 is 5.82 Å². The summed E-state index contributed by atoms with van der Waals surface area (Å²) in [5, 5.41) is 3.93. The molecule has 0 aliphatic carbocycles. The van der Waals surface area contributed by atoms with Crippen molar-refractivity contribution in [2.45, 2.75) is 19.4 Å². The molecular formula is C8H13N3O. The van der Waals surface area contributed by atoms with Gasteiger partial charge in [0.2, 0.25) is 0 Å². The quantitative estimate of drug-likeness (QED) is 0.662. The highest BCUT2D eigenvalue weighted by Gasteiger charge is 2.21. The van der Waals surface area contributed by atoms with Gasteiger partial charge in [-0.15, -0.1) is 0 Å². The van der Waals surface area contributed by atoms with Crippen LogP contribution in [-0.2, 0) is 0 Å². The third kappa shape index (κ3) is 1.30. The Morgan fingerprint density at radius 1 is 1.75 bits per heavy atom. The average molecular weight is 167 g/mol. The predicted molar refractivity (Wildman–Crippen MR) is 46.0 cm³/mol. The van der Waals surface area contributed by atoms with E-state index in [1.54, 1.807) is 0 Å². The van der Waals surface area contributed by atoms with Gasteiger partial charge in [0.05, 0.1) is 0 Å². The van der Waals surface area contributed by atoms with Crippen LogP contribution >= 0.6 is 0 Å². The molecule has 1 aliphatic heterocycles. The van der Waals surface area contributed by atoms with Crippen molar-refractivity contribution in [2.75, 3.05) is 18.0 Å². The van der Waals surface area contributed by atoms with E-state index in [0.29, 0.717) is 6.04 Å². The smallest absolute Gasteiger partial charge is 0.172 e. The second-order valence-corrected chi connectivity index (χ2v) is 3.29. The highest BCUT2D eigenvalue weighted by molar-refractivity contribution is 5.39. The van der Waals surface area contributed by atoms with E-state index in [1.807, 2.05) is 13.0 Å². The molecule has 0 spiro atoms. The molecule has 66 valence electrons. The standard InChI is InChI=1S/C8H13N3O/c1-6-4-8(10-12-6)11-3-2-7(9)5-11/h4,7H,2-3,5,9H2,1H3. The Balaban J connectivity index is 2.11. The first kappa shape index (κ1) is 7.61. The Hall–Kier alpha value is -1.03. The molecule has 1 aliphatic rings. The van der Waals surface area contributed by atoms with Crippen molar-refractivity contribution in [3.05, 3.63) is 11.8 Å². The first-order chi connectivity index (χ1) is 5.75. The Labute approximate surface area is 71.3 Å². The average Bonchev–Trinajstić information content (AvgIpc) is 2.58. The van der Waals surface area contributed by atoms with Crippen LogP contribution in [0.4, 0.5) is 5.82 Å². The third-order valence-corrected chi connectivity index (χ3v) is 2.16. The SMILES string of the molecule is Cc1cc(N2CCC(N)C2)no1. The summed E-state index contributed by atoms with van der Waals surface area (Å²) < 4.78 is 4.98. The molecule has 1 atom stereocenters. The van der Waals surface area contributed by atoms with E-state index < -0.39 is 0 Å². The maximum Gasteiger partial charge on any atom is 0.172 e. The normalized spacial score (nSPS) is 23.5. The largest absolute Gasteiger partial charge is 0.360 e. The second kappa shape index (κ2) is 2.79. The molecule has 1 saturated heterocycles.